The first kappa shape index (κ1) is 8.99. The molecule has 0 atom stereocenters. The van der Waals surface area contributed by atoms with Crippen LogP contribution in [-0.4, -0.2) is 14.5 Å². The monoisotopic (exact) mass is 190 g/mol. The van der Waals surface area contributed by atoms with E-state index >= 15 is 0 Å². The van der Waals surface area contributed by atoms with Gasteiger partial charge in [0.1, 0.15) is 11.6 Å². The van der Waals surface area contributed by atoms with Gasteiger partial charge in [0.15, 0.2) is 0 Å². The van der Waals surface area contributed by atoms with Crippen molar-refractivity contribution in [3.63, 3.8) is 0 Å². The molecular formula is C10H14N4. The summed E-state index contributed by atoms with van der Waals surface area (Å²) in [5.74, 6) is 1.30. The molecule has 14 heavy (non-hydrogen) atoms. The van der Waals surface area contributed by atoms with Crippen LogP contribution in [0.3, 0.4) is 0 Å². The lowest BCUT2D eigenvalue weighted by Gasteiger charge is -1.95. The number of anilines is 1. The Morgan fingerprint density at radius 2 is 2.14 bits per heavy atom. The minimum atomic E-state index is 0.572. The topological polar surface area (TPSA) is 56.7 Å². The Hall–Kier alpha value is -1.58. The van der Waals surface area contributed by atoms with E-state index in [0.717, 1.165) is 29.7 Å². The highest BCUT2D eigenvalue weighted by Crippen LogP contribution is 2.18. The molecule has 0 saturated carbocycles. The summed E-state index contributed by atoms with van der Waals surface area (Å²) in [7, 11) is 0. The second-order valence-electron chi connectivity index (χ2n) is 3.45. The van der Waals surface area contributed by atoms with E-state index in [2.05, 4.69) is 21.5 Å². The highest BCUT2D eigenvalue weighted by molar-refractivity contribution is 5.87. The molecule has 4 nitrogen and oxygen atoms in total. The summed E-state index contributed by atoms with van der Waals surface area (Å²) >= 11 is 0. The van der Waals surface area contributed by atoms with E-state index < -0.39 is 0 Å². The third kappa shape index (κ3) is 1.43. The van der Waals surface area contributed by atoms with E-state index in [0.29, 0.717) is 5.82 Å². The standard InChI is InChI=1S/C10H14N4/c1-3-4-14-5-8-9(6-14)12-7(2)13-10(8)11/h5-6H,3-4H2,1-2H3,(H2,11,12,13). The highest BCUT2D eigenvalue weighted by Gasteiger charge is 2.05. The molecule has 2 aromatic rings. The molecule has 2 aromatic heterocycles. The fourth-order valence-electron chi connectivity index (χ4n) is 1.60. The van der Waals surface area contributed by atoms with Crippen LogP contribution < -0.4 is 5.73 Å². The predicted molar refractivity (Wildman–Crippen MR) is 57.0 cm³/mol. The molecule has 4 heteroatoms. The molecule has 2 N–H and O–H groups in total. The first-order chi connectivity index (χ1) is 6.70. The summed E-state index contributed by atoms with van der Waals surface area (Å²) in [6.45, 7) is 4.99. The minimum Gasteiger partial charge on any atom is -0.383 e. The van der Waals surface area contributed by atoms with Gasteiger partial charge in [-0.3, -0.25) is 0 Å². The number of nitrogens with zero attached hydrogens (tertiary/aromatic N) is 3. The Kier molecular flexibility index (Phi) is 2.11. The Morgan fingerprint density at radius 1 is 1.36 bits per heavy atom. The maximum atomic E-state index is 5.80. The molecule has 2 rings (SSSR count). The lowest BCUT2D eigenvalue weighted by molar-refractivity contribution is 0.685. The summed E-state index contributed by atoms with van der Waals surface area (Å²) < 4.78 is 2.11. The molecule has 0 fully saturated rings. The third-order valence-corrected chi connectivity index (χ3v) is 2.18. The van der Waals surface area contributed by atoms with Gasteiger partial charge in [0, 0.05) is 18.9 Å². The Bertz CT molecular complexity index is 458. The van der Waals surface area contributed by atoms with E-state index in [4.69, 9.17) is 5.73 Å². The minimum absolute atomic E-state index is 0.572. The highest BCUT2D eigenvalue weighted by atomic mass is 15.0. The molecule has 0 saturated heterocycles. The van der Waals surface area contributed by atoms with Crippen LogP contribution in [0.1, 0.15) is 19.2 Å². The second-order valence-corrected chi connectivity index (χ2v) is 3.45. The second kappa shape index (κ2) is 3.29. The zero-order chi connectivity index (χ0) is 10.1. The van der Waals surface area contributed by atoms with Gasteiger partial charge < -0.3 is 10.3 Å². The van der Waals surface area contributed by atoms with Gasteiger partial charge in [-0.1, -0.05) is 6.92 Å². The normalized spacial score (nSPS) is 11.0. The molecule has 0 amide bonds. The summed E-state index contributed by atoms with van der Waals surface area (Å²) in [5, 5.41) is 0.948. The van der Waals surface area contributed by atoms with Crippen LogP contribution in [0.15, 0.2) is 12.4 Å². The van der Waals surface area contributed by atoms with Crippen molar-refractivity contribution in [3.05, 3.63) is 18.2 Å². The number of aryl methyl sites for hydroxylation is 2. The van der Waals surface area contributed by atoms with Crippen molar-refractivity contribution in [2.45, 2.75) is 26.8 Å². The molecule has 0 aliphatic heterocycles. The summed E-state index contributed by atoms with van der Waals surface area (Å²) in [6.07, 6.45) is 5.13. The van der Waals surface area contributed by atoms with Gasteiger partial charge in [-0.15, -0.1) is 0 Å². The molecule has 74 valence electrons. The van der Waals surface area contributed by atoms with Crippen molar-refractivity contribution in [1.82, 2.24) is 14.5 Å². The maximum Gasteiger partial charge on any atom is 0.136 e. The molecule has 0 aliphatic rings. The molecule has 2 heterocycles. The van der Waals surface area contributed by atoms with Crippen molar-refractivity contribution in [1.29, 1.82) is 0 Å². The molecule has 0 aromatic carbocycles. The van der Waals surface area contributed by atoms with Crippen LogP contribution in [0.4, 0.5) is 5.82 Å². The van der Waals surface area contributed by atoms with Crippen molar-refractivity contribution < 1.29 is 0 Å². The van der Waals surface area contributed by atoms with Gasteiger partial charge in [-0.05, 0) is 13.3 Å². The Balaban J connectivity index is 2.58. The van der Waals surface area contributed by atoms with E-state index in [9.17, 15) is 0 Å². The van der Waals surface area contributed by atoms with Gasteiger partial charge in [-0.2, -0.15) is 0 Å². The number of aromatic nitrogens is 3. The Labute approximate surface area is 82.8 Å². The van der Waals surface area contributed by atoms with Gasteiger partial charge in [-0.25, -0.2) is 9.97 Å². The molecular weight excluding hydrogens is 176 g/mol. The molecule has 0 radical (unpaired) electrons. The average molecular weight is 190 g/mol. The van der Waals surface area contributed by atoms with Crippen LogP contribution in [0, 0.1) is 6.92 Å². The van der Waals surface area contributed by atoms with Gasteiger partial charge >= 0.3 is 0 Å². The van der Waals surface area contributed by atoms with Crippen molar-refractivity contribution >= 4 is 16.7 Å². The van der Waals surface area contributed by atoms with Crippen LogP contribution in [0.25, 0.3) is 10.9 Å². The van der Waals surface area contributed by atoms with E-state index in [-0.39, 0.29) is 0 Å². The maximum absolute atomic E-state index is 5.80. The van der Waals surface area contributed by atoms with Gasteiger partial charge in [0.2, 0.25) is 0 Å². The zero-order valence-corrected chi connectivity index (χ0v) is 8.49. The molecule has 0 unspecified atom stereocenters. The Morgan fingerprint density at radius 3 is 2.86 bits per heavy atom. The number of hydrogen-bond donors (Lipinski definition) is 1. The van der Waals surface area contributed by atoms with Gasteiger partial charge in [0.25, 0.3) is 0 Å². The fraction of sp³-hybridized carbons (Fsp3) is 0.400. The van der Waals surface area contributed by atoms with Crippen LogP contribution in [-0.2, 0) is 6.54 Å². The number of hydrogen-bond acceptors (Lipinski definition) is 3. The smallest absolute Gasteiger partial charge is 0.136 e. The summed E-state index contributed by atoms with van der Waals surface area (Å²) in [4.78, 5) is 8.46. The van der Waals surface area contributed by atoms with E-state index in [1.165, 1.54) is 0 Å². The average Bonchev–Trinajstić information content (AvgIpc) is 2.48. The van der Waals surface area contributed by atoms with Crippen LogP contribution in [0.2, 0.25) is 0 Å². The summed E-state index contributed by atoms with van der Waals surface area (Å²) in [6, 6.07) is 0. The number of rotatable bonds is 2. The molecule has 0 bridgehead atoms. The van der Waals surface area contributed by atoms with Crippen molar-refractivity contribution in [2.75, 3.05) is 5.73 Å². The fourth-order valence-corrected chi connectivity index (χ4v) is 1.60. The van der Waals surface area contributed by atoms with Crippen molar-refractivity contribution in [2.24, 2.45) is 0 Å². The SMILES string of the molecule is CCCn1cc2nc(C)nc(N)c2c1. The number of nitrogens with two attached hydrogens (primary N) is 1. The summed E-state index contributed by atoms with van der Waals surface area (Å²) in [5.41, 5.74) is 6.74. The lowest BCUT2D eigenvalue weighted by Crippen LogP contribution is -1.94. The number of nitrogen functional groups attached to an aromatic ring is 1. The van der Waals surface area contributed by atoms with Gasteiger partial charge in [0.05, 0.1) is 10.9 Å². The zero-order valence-electron chi connectivity index (χ0n) is 8.49. The van der Waals surface area contributed by atoms with Crippen LogP contribution >= 0.6 is 0 Å². The van der Waals surface area contributed by atoms with E-state index in [1.54, 1.807) is 0 Å². The molecule has 0 spiro atoms. The number of fused-ring (bicyclic) bond motifs is 1. The molecule has 0 aliphatic carbocycles. The first-order valence-corrected chi connectivity index (χ1v) is 4.80. The predicted octanol–water partition coefficient (Wildman–Crippen LogP) is 1.73. The van der Waals surface area contributed by atoms with Crippen LogP contribution in [0.5, 0.6) is 0 Å². The van der Waals surface area contributed by atoms with Crippen molar-refractivity contribution in [3.8, 4) is 0 Å². The largest absolute Gasteiger partial charge is 0.383 e. The first-order valence-electron chi connectivity index (χ1n) is 4.80. The third-order valence-electron chi connectivity index (χ3n) is 2.18. The van der Waals surface area contributed by atoms with E-state index in [1.807, 2.05) is 19.3 Å². The lowest BCUT2D eigenvalue weighted by atomic mass is 10.3. The quantitative estimate of drug-likeness (QED) is 0.784.